The van der Waals surface area contributed by atoms with Gasteiger partial charge in [-0.3, -0.25) is 14.7 Å². The Morgan fingerprint density at radius 1 is 1.18 bits per heavy atom. The quantitative estimate of drug-likeness (QED) is 0.675. The van der Waals surface area contributed by atoms with E-state index in [2.05, 4.69) is 19.9 Å². The third-order valence-electron chi connectivity index (χ3n) is 5.80. The third kappa shape index (κ3) is 3.43. The highest BCUT2D eigenvalue weighted by Crippen LogP contribution is 2.33. The summed E-state index contributed by atoms with van der Waals surface area (Å²) >= 11 is 0. The highest BCUT2D eigenvalue weighted by molar-refractivity contribution is 5.86. The first-order valence-corrected chi connectivity index (χ1v) is 9.75. The molecule has 1 saturated carbocycles. The van der Waals surface area contributed by atoms with Crippen molar-refractivity contribution in [3.63, 3.8) is 0 Å². The maximum Gasteiger partial charge on any atom is 0.181 e. The lowest BCUT2D eigenvalue weighted by Crippen LogP contribution is -2.51. The van der Waals surface area contributed by atoms with E-state index in [0.717, 1.165) is 61.4 Å². The molecule has 0 N–H and O–H groups in total. The van der Waals surface area contributed by atoms with Crippen LogP contribution in [0.5, 0.6) is 0 Å². The Morgan fingerprint density at radius 2 is 2.04 bits per heavy atom. The minimum absolute atomic E-state index is 0.152. The Labute approximate surface area is 162 Å². The molecule has 2 fully saturated rings. The van der Waals surface area contributed by atoms with E-state index in [4.69, 9.17) is 9.15 Å². The monoisotopic (exact) mass is 378 g/mol. The lowest BCUT2D eigenvalue weighted by atomic mass is 9.75. The van der Waals surface area contributed by atoms with Crippen molar-refractivity contribution < 1.29 is 13.9 Å². The summed E-state index contributed by atoms with van der Waals surface area (Å²) in [7, 11) is 0. The largest absolute Gasteiger partial charge is 0.442 e. The summed E-state index contributed by atoms with van der Waals surface area (Å²) in [6.07, 6.45) is 7.10. The van der Waals surface area contributed by atoms with E-state index >= 15 is 0 Å². The Kier molecular flexibility index (Phi) is 4.62. The number of carbonyl (C=O) groups excluding carboxylic acids is 1. The molecule has 4 heterocycles. The van der Waals surface area contributed by atoms with Gasteiger partial charge in [-0.25, -0.2) is 9.97 Å². The van der Waals surface area contributed by atoms with Gasteiger partial charge in [-0.2, -0.15) is 0 Å². The summed E-state index contributed by atoms with van der Waals surface area (Å²) < 4.78 is 10.7. The zero-order valence-corrected chi connectivity index (χ0v) is 15.6. The van der Waals surface area contributed by atoms with Crippen LogP contribution in [-0.4, -0.2) is 58.0 Å². The van der Waals surface area contributed by atoms with E-state index < -0.39 is 0 Å². The Balaban J connectivity index is 1.25. The van der Waals surface area contributed by atoms with Gasteiger partial charge in [0.1, 0.15) is 11.5 Å². The van der Waals surface area contributed by atoms with Crippen LogP contribution in [0.1, 0.15) is 18.5 Å². The van der Waals surface area contributed by atoms with Crippen LogP contribution >= 0.6 is 0 Å². The summed E-state index contributed by atoms with van der Waals surface area (Å²) in [4.78, 5) is 28.2. The molecule has 0 spiro atoms. The molecule has 1 saturated heterocycles. The molecule has 3 aromatic rings. The average Bonchev–Trinajstić information content (AvgIpc) is 3.22. The molecule has 28 heavy (non-hydrogen) atoms. The van der Waals surface area contributed by atoms with Gasteiger partial charge in [0.2, 0.25) is 0 Å². The van der Waals surface area contributed by atoms with Crippen LogP contribution < -0.4 is 0 Å². The zero-order valence-electron chi connectivity index (χ0n) is 15.6. The maximum absolute atomic E-state index is 12.7. The molecule has 3 aromatic heterocycles. The normalized spacial score (nSPS) is 22.9. The molecule has 0 atom stereocenters. The van der Waals surface area contributed by atoms with E-state index in [1.54, 1.807) is 12.4 Å². The number of morpholine rings is 1. The number of carbonyl (C=O) groups is 1. The SMILES string of the molecule is O=C(Cc1cc2nc(-c3cnco3)ccc2cn1)C1CC(N2CCOCC2)C1. The highest BCUT2D eigenvalue weighted by Gasteiger charge is 2.38. The van der Waals surface area contributed by atoms with E-state index in [1.807, 2.05) is 18.2 Å². The first kappa shape index (κ1) is 17.5. The van der Waals surface area contributed by atoms with E-state index in [9.17, 15) is 4.79 Å². The smallest absolute Gasteiger partial charge is 0.181 e. The van der Waals surface area contributed by atoms with Crippen molar-refractivity contribution in [2.75, 3.05) is 26.3 Å². The number of oxazole rings is 1. The molecule has 0 aromatic carbocycles. The van der Waals surface area contributed by atoms with E-state index in [0.29, 0.717) is 18.2 Å². The molecular weight excluding hydrogens is 356 g/mol. The minimum Gasteiger partial charge on any atom is -0.442 e. The van der Waals surface area contributed by atoms with Gasteiger partial charge < -0.3 is 9.15 Å². The Morgan fingerprint density at radius 3 is 2.82 bits per heavy atom. The molecule has 1 aliphatic heterocycles. The number of hydrogen-bond donors (Lipinski definition) is 0. The van der Waals surface area contributed by atoms with Gasteiger partial charge >= 0.3 is 0 Å². The second-order valence-electron chi connectivity index (χ2n) is 7.54. The van der Waals surface area contributed by atoms with Gasteiger partial charge in [-0.05, 0) is 31.0 Å². The lowest BCUT2D eigenvalue weighted by Gasteiger charge is -2.43. The number of fused-ring (bicyclic) bond motifs is 1. The van der Waals surface area contributed by atoms with Crippen LogP contribution in [0.4, 0.5) is 0 Å². The van der Waals surface area contributed by atoms with Crippen LogP contribution in [0.2, 0.25) is 0 Å². The van der Waals surface area contributed by atoms with Crippen LogP contribution in [0.3, 0.4) is 0 Å². The standard InChI is InChI=1S/C21H22N4O3/c26-20(15-7-17(8-15)25-3-5-27-6-4-25)10-16-9-19-14(11-23-16)1-2-18(24-19)21-12-22-13-28-21/h1-2,9,11-13,15,17H,3-8,10H2. The zero-order chi connectivity index (χ0) is 18.9. The van der Waals surface area contributed by atoms with Gasteiger partial charge in [0.15, 0.2) is 12.2 Å². The average molecular weight is 378 g/mol. The molecule has 7 heteroatoms. The molecule has 7 nitrogen and oxygen atoms in total. The molecule has 0 radical (unpaired) electrons. The van der Waals surface area contributed by atoms with Crippen molar-refractivity contribution in [1.82, 2.24) is 19.9 Å². The molecule has 0 unspecified atom stereocenters. The molecule has 1 aliphatic carbocycles. The molecule has 0 amide bonds. The van der Waals surface area contributed by atoms with Crippen LogP contribution in [0.15, 0.2) is 41.4 Å². The molecule has 2 aliphatic rings. The predicted octanol–water partition coefficient (Wildman–Crippen LogP) is 2.51. The van der Waals surface area contributed by atoms with E-state index in [-0.39, 0.29) is 11.7 Å². The second-order valence-corrected chi connectivity index (χ2v) is 7.54. The lowest BCUT2D eigenvalue weighted by molar-refractivity contribution is -0.127. The van der Waals surface area contributed by atoms with Crippen molar-refractivity contribution >= 4 is 16.7 Å². The Bertz CT molecular complexity index is 976. The fourth-order valence-electron chi connectivity index (χ4n) is 4.05. The van der Waals surface area contributed by atoms with Crippen molar-refractivity contribution in [1.29, 1.82) is 0 Å². The maximum atomic E-state index is 12.7. The van der Waals surface area contributed by atoms with Crippen molar-refractivity contribution in [2.45, 2.75) is 25.3 Å². The van der Waals surface area contributed by atoms with Crippen LogP contribution in [0, 0.1) is 5.92 Å². The summed E-state index contributed by atoms with van der Waals surface area (Å²) in [6.45, 7) is 3.58. The number of nitrogens with zero attached hydrogens (tertiary/aromatic N) is 4. The highest BCUT2D eigenvalue weighted by atomic mass is 16.5. The predicted molar refractivity (Wildman–Crippen MR) is 103 cm³/mol. The number of ketones is 1. The van der Waals surface area contributed by atoms with Gasteiger partial charge in [0.05, 0.1) is 24.9 Å². The molecule has 5 rings (SSSR count). The summed E-state index contributed by atoms with van der Waals surface area (Å²) in [5.74, 6) is 1.06. The topological polar surface area (TPSA) is 81.3 Å². The summed E-state index contributed by atoms with van der Waals surface area (Å²) in [6, 6.07) is 6.28. The van der Waals surface area contributed by atoms with Crippen LogP contribution in [0.25, 0.3) is 22.4 Å². The number of rotatable bonds is 5. The first-order chi connectivity index (χ1) is 13.8. The van der Waals surface area contributed by atoms with Gasteiger partial charge in [-0.1, -0.05) is 0 Å². The summed E-state index contributed by atoms with van der Waals surface area (Å²) in [5, 5.41) is 0.940. The second kappa shape index (κ2) is 7.41. The van der Waals surface area contributed by atoms with Gasteiger partial charge in [-0.15, -0.1) is 0 Å². The number of hydrogen-bond acceptors (Lipinski definition) is 7. The number of ether oxygens (including phenoxy) is 1. The Hall–Kier alpha value is -2.64. The molecule has 144 valence electrons. The fraction of sp³-hybridized carbons (Fsp3) is 0.429. The van der Waals surface area contributed by atoms with Gasteiger partial charge in [0.25, 0.3) is 0 Å². The fourth-order valence-corrected chi connectivity index (χ4v) is 4.05. The number of Topliss-reactive ketones (excluding diaryl/α,β-unsaturated/α-hetero) is 1. The van der Waals surface area contributed by atoms with Crippen LogP contribution in [-0.2, 0) is 16.0 Å². The minimum atomic E-state index is 0.152. The van der Waals surface area contributed by atoms with Crippen molar-refractivity contribution in [3.05, 3.63) is 42.7 Å². The molecule has 0 bridgehead atoms. The third-order valence-corrected chi connectivity index (χ3v) is 5.80. The van der Waals surface area contributed by atoms with Gasteiger partial charge in [0, 0.05) is 48.7 Å². The van der Waals surface area contributed by atoms with Crippen molar-refractivity contribution in [3.8, 4) is 11.5 Å². The number of aromatic nitrogens is 3. The first-order valence-electron chi connectivity index (χ1n) is 9.75. The molecular formula is C21H22N4O3. The van der Waals surface area contributed by atoms with Crippen molar-refractivity contribution in [2.24, 2.45) is 5.92 Å². The number of pyridine rings is 2. The summed E-state index contributed by atoms with van der Waals surface area (Å²) in [5.41, 5.74) is 2.31. The van der Waals surface area contributed by atoms with E-state index in [1.165, 1.54) is 6.39 Å².